The molecule has 7 heteroatoms. The summed E-state index contributed by atoms with van der Waals surface area (Å²) in [4.78, 5) is 8.42. The first-order valence-electron chi connectivity index (χ1n) is 7.48. The first-order chi connectivity index (χ1) is 9.71. The average molecular weight is 408 g/mol. The van der Waals surface area contributed by atoms with Crippen molar-refractivity contribution in [2.45, 2.75) is 46.1 Å². The molecule has 0 spiro atoms. The van der Waals surface area contributed by atoms with Crippen LogP contribution < -0.4 is 10.6 Å². The lowest BCUT2D eigenvalue weighted by Crippen LogP contribution is -2.39. The predicted molar refractivity (Wildman–Crippen MR) is 97.9 cm³/mol. The molecule has 0 aliphatic heterocycles. The molecule has 0 aliphatic carbocycles. The zero-order valence-corrected chi connectivity index (χ0v) is 15.9. The molecular formula is C14H29IN6. The van der Waals surface area contributed by atoms with E-state index in [4.69, 9.17) is 0 Å². The molecular weight excluding hydrogens is 379 g/mol. The van der Waals surface area contributed by atoms with Crippen LogP contribution in [0, 0.1) is 5.92 Å². The third kappa shape index (κ3) is 7.63. The quantitative estimate of drug-likeness (QED) is 0.394. The van der Waals surface area contributed by atoms with Crippen molar-refractivity contribution in [3.8, 4) is 0 Å². The number of hydrogen-bond acceptors (Lipinski definition) is 3. The van der Waals surface area contributed by atoms with Gasteiger partial charge in [0.1, 0.15) is 12.2 Å². The van der Waals surface area contributed by atoms with Gasteiger partial charge in [-0.3, -0.25) is 9.67 Å². The summed E-state index contributed by atoms with van der Waals surface area (Å²) >= 11 is 0. The lowest BCUT2D eigenvalue weighted by molar-refractivity contribution is 0.443. The van der Waals surface area contributed by atoms with Gasteiger partial charge in [-0.1, -0.05) is 33.1 Å². The van der Waals surface area contributed by atoms with Crippen LogP contribution in [0.1, 0.15) is 45.4 Å². The van der Waals surface area contributed by atoms with Crippen molar-refractivity contribution in [2.24, 2.45) is 18.0 Å². The topological polar surface area (TPSA) is 67.1 Å². The van der Waals surface area contributed by atoms with Gasteiger partial charge < -0.3 is 10.6 Å². The molecule has 0 saturated carbocycles. The van der Waals surface area contributed by atoms with Gasteiger partial charge >= 0.3 is 0 Å². The maximum absolute atomic E-state index is 4.24. The third-order valence-electron chi connectivity index (χ3n) is 3.54. The Balaban J connectivity index is 0.00000400. The minimum Gasteiger partial charge on any atom is -0.356 e. The predicted octanol–water partition coefficient (Wildman–Crippen LogP) is 2.31. The average Bonchev–Trinajstić information content (AvgIpc) is 2.87. The molecule has 1 aromatic heterocycles. The van der Waals surface area contributed by atoms with Gasteiger partial charge in [0.25, 0.3) is 0 Å². The van der Waals surface area contributed by atoms with Crippen molar-refractivity contribution in [3.05, 3.63) is 12.2 Å². The van der Waals surface area contributed by atoms with Crippen LogP contribution in [0.25, 0.3) is 0 Å². The van der Waals surface area contributed by atoms with E-state index in [-0.39, 0.29) is 24.0 Å². The second-order valence-corrected chi connectivity index (χ2v) is 5.02. The Hall–Kier alpha value is -0.860. The molecule has 1 unspecified atom stereocenters. The van der Waals surface area contributed by atoms with Crippen LogP contribution in [0.2, 0.25) is 0 Å². The van der Waals surface area contributed by atoms with Crippen LogP contribution >= 0.6 is 24.0 Å². The maximum Gasteiger partial charge on any atom is 0.191 e. The standard InChI is InChI=1S/C14H28N6.HI/c1-5-7-8-12(6-2)9-16-14(15-3)17-10-13-18-11-19-20(13)4;/h11-12H,5-10H2,1-4H3,(H2,15,16,17);1H. The van der Waals surface area contributed by atoms with E-state index >= 15 is 0 Å². The Morgan fingerprint density at radius 3 is 2.67 bits per heavy atom. The van der Waals surface area contributed by atoms with Crippen molar-refractivity contribution >= 4 is 29.9 Å². The summed E-state index contributed by atoms with van der Waals surface area (Å²) < 4.78 is 1.76. The summed E-state index contributed by atoms with van der Waals surface area (Å²) in [5.74, 6) is 2.43. The van der Waals surface area contributed by atoms with Gasteiger partial charge in [0, 0.05) is 20.6 Å². The van der Waals surface area contributed by atoms with E-state index in [0.717, 1.165) is 18.3 Å². The Morgan fingerprint density at radius 2 is 2.14 bits per heavy atom. The molecule has 0 fully saturated rings. The first-order valence-corrected chi connectivity index (χ1v) is 7.48. The number of nitrogens with one attached hydrogen (secondary N) is 2. The Kier molecular flexibility index (Phi) is 11.3. The van der Waals surface area contributed by atoms with Crippen LogP contribution in [0.3, 0.4) is 0 Å². The number of halogens is 1. The molecule has 0 aliphatic rings. The highest BCUT2D eigenvalue weighted by Gasteiger charge is 2.07. The number of hydrogen-bond donors (Lipinski definition) is 2. The van der Waals surface area contributed by atoms with E-state index in [2.05, 4.69) is 39.6 Å². The van der Waals surface area contributed by atoms with E-state index in [1.54, 1.807) is 18.1 Å². The van der Waals surface area contributed by atoms with Crippen LogP contribution in [-0.2, 0) is 13.6 Å². The molecule has 122 valence electrons. The van der Waals surface area contributed by atoms with Crippen molar-refractivity contribution in [1.82, 2.24) is 25.4 Å². The smallest absolute Gasteiger partial charge is 0.191 e. The Labute approximate surface area is 145 Å². The van der Waals surface area contributed by atoms with Crippen LogP contribution in [0.4, 0.5) is 0 Å². The van der Waals surface area contributed by atoms with E-state index in [1.807, 2.05) is 7.05 Å². The van der Waals surface area contributed by atoms with Crippen molar-refractivity contribution in [3.63, 3.8) is 0 Å². The third-order valence-corrected chi connectivity index (χ3v) is 3.54. The molecule has 1 aromatic rings. The van der Waals surface area contributed by atoms with Crippen molar-refractivity contribution < 1.29 is 0 Å². The van der Waals surface area contributed by atoms with E-state index in [0.29, 0.717) is 12.5 Å². The van der Waals surface area contributed by atoms with Crippen LogP contribution in [-0.4, -0.2) is 34.3 Å². The van der Waals surface area contributed by atoms with Gasteiger partial charge in [0.15, 0.2) is 5.96 Å². The molecule has 1 rings (SSSR count). The molecule has 0 amide bonds. The molecule has 0 aromatic carbocycles. The zero-order chi connectivity index (χ0) is 14.8. The Bertz CT molecular complexity index is 404. The lowest BCUT2D eigenvalue weighted by atomic mass is 9.99. The number of aryl methyl sites for hydroxylation is 1. The summed E-state index contributed by atoms with van der Waals surface area (Å²) in [6.45, 7) is 6.08. The minimum atomic E-state index is 0. The molecule has 2 N–H and O–H groups in total. The number of guanidine groups is 1. The number of aliphatic imine (C=N–C) groups is 1. The SMILES string of the molecule is CCCCC(CC)CNC(=NC)NCc1ncnn1C.I. The summed E-state index contributed by atoms with van der Waals surface area (Å²) in [6.07, 6.45) is 6.60. The molecule has 1 atom stereocenters. The molecule has 21 heavy (non-hydrogen) atoms. The number of rotatable bonds is 8. The first kappa shape index (κ1) is 20.1. The molecule has 1 heterocycles. The van der Waals surface area contributed by atoms with Gasteiger partial charge in [0.05, 0.1) is 6.54 Å². The largest absolute Gasteiger partial charge is 0.356 e. The number of nitrogens with zero attached hydrogens (tertiary/aromatic N) is 4. The summed E-state index contributed by atoms with van der Waals surface area (Å²) in [7, 11) is 3.68. The number of aromatic nitrogens is 3. The lowest BCUT2D eigenvalue weighted by Gasteiger charge is -2.17. The van der Waals surface area contributed by atoms with Gasteiger partial charge in [-0.2, -0.15) is 5.10 Å². The summed E-state index contributed by atoms with van der Waals surface area (Å²) in [5.41, 5.74) is 0. The maximum atomic E-state index is 4.24. The van der Waals surface area contributed by atoms with Crippen LogP contribution in [0.15, 0.2) is 11.3 Å². The van der Waals surface area contributed by atoms with Gasteiger partial charge in [-0.15, -0.1) is 24.0 Å². The second kappa shape index (κ2) is 11.8. The molecule has 0 saturated heterocycles. The van der Waals surface area contributed by atoms with Crippen LogP contribution in [0.5, 0.6) is 0 Å². The zero-order valence-electron chi connectivity index (χ0n) is 13.6. The fraction of sp³-hybridized carbons (Fsp3) is 0.786. The highest BCUT2D eigenvalue weighted by atomic mass is 127. The van der Waals surface area contributed by atoms with E-state index < -0.39 is 0 Å². The Morgan fingerprint density at radius 1 is 1.38 bits per heavy atom. The molecule has 0 bridgehead atoms. The van der Waals surface area contributed by atoms with Crippen molar-refractivity contribution in [2.75, 3.05) is 13.6 Å². The molecule has 0 radical (unpaired) electrons. The minimum absolute atomic E-state index is 0. The van der Waals surface area contributed by atoms with E-state index in [1.165, 1.54) is 25.7 Å². The van der Waals surface area contributed by atoms with Crippen molar-refractivity contribution in [1.29, 1.82) is 0 Å². The fourth-order valence-electron chi connectivity index (χ4n) is 2.05. The number of unbranched alkanes of at least 4 members (excludes halogenated alkanes) is 1. The summed E-state index contributed by atoms with van der Waals surface area (Å²) in [6, 6.07) is 0. The summed E-state index contributed by atoms with van der Waals surface area (Å²) in [5, 5.41) is 10.7. The van der Waals surface area contributed by atoms with E-state index in [9.17, 15) is 0 Å². The normalized spacial score (nSPS) is 12.7. The van der Waals surface area contributed by atoms with Gasteiger partial charge in [0.2, 0.25) is 0 Å². The fourth-order valence-corrected chi connectivity index (χ4v) is 2.05. The highest BCUT2D eigenvalue weighted by molar-refractivity contribution is 14.0. The van der Waals surface area contributed by atoms with Gasteiger partial charge in [-0.05, 0) is 12.3 Å². The van der Waals surface area contributed by atoms with Gasteiger partial charge in [-0.25, -0.2) is 4.98 Å². The monoisotopic (exact) mass is 408 g/mol. The molecule has 6 nitrogen and oxygen atoms in total. The second-order valence-electron chi connectivity index (χ2n) is 5.02. The highest BCUT2D eigenvalue weighted by Crippen LogP contribution is 2.10.